The number of rotatable bonds is 12. The van der Waals surface area contributed by atoms with E-state index in [0.717, 1.165) is 21.2 Å². The van der Waals surface area contributed by atoms with Crippen LogP contribution in [0.25, 0.3) is 0 Å². The number of hydrogen-bond acceptors (Lipinski definition) is 3. The molecule has 0 aliphatic rings. The molecule has 0 saturated heterocycles. The normalized spacial score (nSPS) is 11.8. The molecule has 3 aromatic carbocycles. The van der Waals surface area contributed by atoms with Crippen molar-refractivity contribution in [1.29, 1.82) is 0 Å². The van der Waals surface area contributed by atoms with Crippen LogP contribution in [0.1, 0.15) is 30.5 Å². The second kappa shape index (κ2) is 14.5. The minimum absolute atomic E-state index is 0.0716. The molecule has 0 fully saturated rings. The topological polar surface area (TPSA) is 49.4 Å². The van der Waals surface area contributed by atoms with Crippen molar-refractivity contribution in [2.75, 3.05) is 12.3 Å². The smallest absolute Gasteiger partial charge is 0.243 e. The molecule has 190 valence electrons. The Labute approximate surface area is 231 Å². The lowest BCUT2D eigenvalue weighted by atomic mass is 10.0. The molecule has 0 aliphatic heterocycles. The van der Waals surface area contributed by atoms with Gasteiger partial charge < -0.3 is 10.2 Å². The maximum Gasteiger partial charge on any atom is 0.243 e. The number of nitrogens with zero attached hydrogens (tertiary/aromatic N) is 1. The van der Waals surface area contributed by atoms with E-state index >= 15 is 0 Å². The van der Waals surface area contributed by atoms with Gasteiger partial charge in [-0.2, -0.15) is 0 Å². The summed E-state index contributed by atoms with van der Waals surface area (Å²) in [6.07, 6.45) is 0.439. The van der Waals surface area contributed by atoms with Gasteiger partial charge in [0.1, 0.15) is 6.04 Å². The predicted molar refractivity (Wildman–Crippen MR) is 154 cm³/mol. The number of carbonyl (C=O) groups excluding carboxylic acids is 2. The molecule has 0 spiro atoms. The minimum atomic E-state index is -0.633. The van der Waals surface area contributed by atoms with Crippen LogP contribution in [0, 0.1) is 5.92 Å². The molecule has 0 radical (unpaired) electrons. The van der Waals surface area contributed by atoms with Gasteiger partial charge in [0.15, 0.2) is 0 Å². The largest absolute Gasteiger partial charge is 0.354 e. The molecular formula is C29H32BrClN2O2S. The first-order valence-corrected chi connectivity index (χ1v) is 14.3. The summed E-state index contributed by atoms with van der Waals surface area (Å²) >= 11 is 11.2. The molecule has 0 aromatic heterocycles. The van der Waals surface area contributed by atoms with Gasteiger partial charge in [0.2, 0.25) is 11.8 Å². The van der Waals surface area contributed by atoms with Gasteiger partial charge in [-0.1, -0.05) is 96.0 Å². The Hall–Kier alpha value is -2.28. The number of amides is 2. The number of carbonyl (C=O) groups is 2. The van der Waals surface area contributed by atoms with Crippen LogP contribution in [-0.2, 0) is 28.3 Å². The van der Waals surface area contributed by atoms with Gasteiger partial charge in [0.25, 0.3) is 0 Å². The van der Waals surface area contributed by atoms with E-state index in [-0.39, 0.29) is 17.6 Å². The zero-order chi connectivity index (χ0) is 25.9. The summed E-state index contributed by atoms with van der Waals surface area (Å²) in [7, 11) is 0. The second-order valence-corrected chi connectivity index (χ2v) is 11.5. The summed E-state index contributed by atoms with van der Waals surface area (Å²) in [6.45, 7) is 4.98. The van der Waals surface area contributed by atoms with Crippen LogP contribution in [0.3, 0.4) is 0 Å². The maximum absolute atomic E-state index is 13.6. The van der Waals surface area contributed by atoms with Gasteiger partial charge in [0.05, 0.1) is 5.75 Å². The highest BCUT2D eigenvalue weighted by atomic mass is 79.9. The SMILES string of the molecule is CC(C)CNC(=O)C(Cc1ccccc1)N(Cc1cccc(Cl)c1)C(=O)CSCc1ccc(Br)cc1. The van der Waals surface area contributed by atoms with Crippen LogP contribution in [0.2, 0.25) is 5.02 Å². The van der Waals surface area contributed by atoms with Crippen LogP contribution < -0.4 is 5.32 Å². The van der Waals surface area contributed by atoms with E-state index in [2.05, 4.69) is 35.1 Å². The van der Waals surface area contributed by atoms with Gasteiger partial charge in [-0.05, 0) is 46.9 Å². The minimum Gasteiger partial charge on any atom is -0.354 e. The van der Waals surface area contributed by atoms with Crippen LogP contribution in [0.5, 0.6) is 0 Å². The fraction of sp³-hybridized carbons (Fsp3) is 0.310. The van der Waals surface area contributed by atoms with Crippen molar-refractivity contribution >= 4 is 51.1 Å². The molecular weight excluding hydrogens is 556 g/mol. The van der Waals surface area contributed by atoms with Crippen molar-refractivity contribution in [3.8, 4) is 0 Å². The summed E-state index contributed by atoms with van der Waals surface area (Å²) in [6, 6.07) is 24.8. The van der Waals surface area contributed by atoms with Gasteiger partial charge >= 0.3 is 0 Å². The van der Waals surface area contributed by atoms with Gasteiger partial charge in [-0.3, -0.25) is 9.59 Å². The van der Waals surface area contributed by atoms with Gasteiger partial charge in [-0.25, -0.2) is 0 Å². The summed E-state index contributed by atoms with van der Waals surface area (Å²) in [4.78, 5) is 28.8. The number of benzene rings is 3. The first-order chi connectivity index (χ1) is 17.3. The molecule has 0 saturated carbocycles. The summed E-state index contributed by atoms with van der Waals surface area (Å²) in [5.41, 5.74) is 3.05. The van der Waals surface area contributed by atoms with E-state index < -0.39 is 6.04 Å². The Morgan fingerprint density at radius 3 is 2.31 bits per heavy atom. The van der Waals surface area contributed by atoms with Gasteiger partial charge in [0, 0.05) is 34.8 Å². The second-order valence-electron chi connectivity index (χ2n) is 9.12. The summed E-state index contributed by atoms with van der Waals surface area (Å²) < 4.78 is 1.02. The summed E-state index contributed by atoms with van der Waals surface area (Å²) in [5.74, 6) is 1.09. The number of thioether (sulfide) groups is 1. The quantitative estimate of drug-likeness (QED) is 0.255. The van der Waals surface area contributed by atoms with Crippen molar-refractivity contribution in [2.45, 2.75) is 38.6 Å². The first kappa shape index (κ1) is 28.3. The Morgan fingerprint density at radius 1 is 0.944 bits per heavy atom. The highest BCUT2D eigenvalue weighted by Crippen LogP contribution is 2.21. The molecule has 4 nitrogen and oxygen atoms in total. The molecule has 0 heterocycles. The van der Waals surface area contributed by atoms with Crippen LogP contribution in [-0.4, -0.2) is 35.1 Å². The fourth-order valence-corrected chi connectivity index (χ4v) is 5.08. The molecule has 7 heteroatoms. The van der Waals surface area contributed by atoms with E-state index in [0.29, 0.717) is 36.2 Å². The first-order valence-electron chi connectivity index (χ1n) is 12.0. The van der Waals surface area contributed by atoms with Crippen LogP contribution in [0.15, 0.2) is 83.3 Å². The molecule has 2 amide bonds. The molecule has 36 heavy (non-hydrogen) atoms. The number of halogens is 2. The molecule has 1 unspecified atom stereocenters. The maximum atomic E-state index is 13.6. The number of nitrogens with one attached hydrogen (secondary N) is 1. The van der Waals surface area contributed by atoms with E-state index in [1.54, 1.807) is 16.7 Å². The van der Waals surface area contributed by atoms with E-state index in [4.69, 9.17) is 11.6 Å². The molecule has 3 aromatic rings. The third kappa shape index (κ3) is 9.30. The van der Waals surface area contributed by atoms with E-state index in [1.807, 2.05) is 78.9 Å². The standard InChI is InChI=1S/C29H32BrClN2O2S/c1-21(2)17-32-29(35)27(16-22-7-4-3-5-8-22)33(18-24-9-6-10-26(31)15-24)28(34)20-36-19-23-11-13-25(30)14-12-23/h3-15,21,27H,16-20H2,1-2H3,(H,32,35). The molecule has 3 rings (SSSR count). The zero-order valence-electron chi connectivity index (χ0n) is 20.6. The average molecular weight is 588 g/mol. The van der Waals surface area contributed by atoms with Crippen molar-refractivity contribution in [3.63, 3.8) is 0 Å². The van der Waals surface area contributed by atoms with Crippen molar-refractivity contribution in [1.82, 2.24) is 10.2 Å². The lowest BCUT2D eigenvalue weighted by Gasteiger charge is -2.32. The molecule has 0 bridgehead atoms. The third-order valence-corrected chi connectivity index (χ3v) is 7.36. The van der Waals surface area contributed by atoms with Crippen molar-refractivity contribution in [3.05, 3.63) is 105 Å². The third-order valence-electron chi connectivity index (χ3n) is 5.61. The molecule has 1 N–H and O–H groups in total. The Kier molecular flexibility index (Phi) is 11.4. The lowest BCUT2D eigenvalue weighted by Crippen LogP contribution is -2.51. The highest BCUT2D eigenvalue weighted by Gasteiger charge is 2.30. The Morgan fingerprint density at radius 2 is 1.64 bits per heavy atom. The highest BCUT2D eigenvalue weighted by molar-refractivity contribution is 9.10. The van der Waals surface area contributed by atoms with Crippen LogP contribution in [0.4, 0.5) is 0 Å². The van der Waals surface area contributed by atoms with Crippen LogP contribution >= 0.6 is 39.3 Å². The summed E-state index contributed by atoms with van der Waals surface area (Å²) in [5, 5.41) is 3.66. The fourth-order valence-electron chi connectivity index (χ4n) is 3.73. The van der Waals surface area contributed by atoms with Crippen molar-refractivity contribution < 1.29 is 9.59 Å². The molecule has 1 atom stereocenters. The van der Waals surface area contributed by atoms with Gasteiger partial charge in [-0.15, -0.1) is 11.8 Å². The zero-order valence-corrected chi connectivity index (χ0v) is 23.8. The molecule has 0 aliphatic carbocycles. The predicted octanol–water partition coefficient (Wildman–Crippen LogP) is 6.75. The Balaban J connectivity index is 1.83. The van der Waals surface area contributed by atoms with Crippen molar-refractivity contribution in [2.24, 2.45) is 5.92 Å². The lowest BCUT2D eigenvalue weighted by molar-refractivity contribution is -0.139. The Bertz CT molecular complexity index is 1130. The number of hydrogen-bond donors (Lipinski definition) is 1. The average Bonchev–Trinajstić information content (AvgIpc) is 2.86. The monoisotopic (exact) mass is 586 g/mol. The van der Waals surface area contributed by atoms with E-state index in [9.17, 15) is 9.59 Å². The van der Waals surface area contributed by atoms with E-state index in [1.165, 1.54) is 0 Å².